The molecule has 0 unspecified atom stereocenters. The molecule has 3 fully saturated rings. The van der Waals surface area contributed by atoms with Gasteiger partial charge >= 0.3 is 6.03 Å². The van der Waals surface area contributed by atoms with Crippen LogP contribution in [0, 0.1) is 11.3 Å². The van der Waals surface area contributed by atoms with Crippen LogP contribution in [0.25, 0.3) is 22.3 Å². The van der Waals surface area contributed by atoms with E-state index in [0.29, 0.717) is 25.6 Å². The highest BCUT2D eigenvalue weighted by Gasteiger charge is 2.49. The molecule has 2 saturated carbocycles. The van der Waals surface area contributed by atoms with Crippen molar-refractivity contribution in [1.29, 1.82) is 5.26 Å². The molecule has 0 atom stereocenters. The molecule has 194 valence electrons. The first kappa shape index (κ1) is 23.9. The van der Waals surface area contributed by atoms with Gasteiger partial charge in [-0.25, -0.2) is 14.8 Å². The van der Waals surface area contributed by atoms with Gasteiger partial charge in [-0.15, -0.1) is 0 Å². The Morgan fingerprint density at radius 1 is 1.19 bits per heavy atom. The van der Waals surface area contributed by atoms with Crippen LogP contribution in [-0.4, -0.2) is 90.0 Å². The van der Waals surface area contributed by atoms with E-state index in [2.05, 4.69) is 36.3 Å². The van der Waals surface area contributed by atoms with Gasteiger partial charge in [-0.05, 0) is 44.6 Å². The molecular formula is C26H33N9O2. The monoisotopic (exact) mass is 503 g/mol. The van der Waals surface area contributed by atoms with E-state index in [1.54, 1.807) is 6.33 Å². The van der Waals surface area contributed by atoms with Crippen LogP contribution in [0.1, 0.15) is 44.9 Å². The molecule has 3 aromatic rings. The summed E-state index contributed by atoms with van der Waals surface area (Å²) in [6, 6.07) is 4.91. The van der Waals surface area contributed by atoms with Crippen molar-refractivity contribution in [3.8, 4) is 17.3 Å². The summed E-state index contributed by atoms with van der Waals surface area (Å²) in [5.74, 6) is 0. The molecule has 3 aliphatic rings. The molecule has 1 saturated heterocycles. The summed E-state index contributed by atoms with van der Waals surface area (Å²) >= 11 is 0. The fourth-order valence-electron chi connectivity index (χ4n) is 6.22. The van der Waals surface area contributed by atoms with Crippen molar-refractivity contribution in [1.82, 2.24) is 39.8 Å². The third-order valence-electron chi connectivity index (χ3n) is 8.48. The molecule has 0 radical (unpaired) electrons. The van der Waals surface area contributed by atoms with Gasteiger partial charge in [-0.1, -0.05) is 0 Å². The van der Waals surface area contributed by atoms with Gasteiger partial charge in [0.2, 0.25) is 0 Å². The number of urea groups is 1. The summed E-state index contributed by atoms with van der Waals surface area (Å²) in [4.78, 5) is 29.0. The maximum absolute atomic E-state index is 12.7. The van der Waals surface area contributed by atoms with E-state index in [-0.39, 0.29) is 23.7 Å². The number of fused-ring (bicyclic) bond motifs is 1. The number of nitrogens with one attached hydrogen (secondary N) is 2. The number of carbonyl (C=O) groups excluding carboxylic acids is 1. The SMILES string of the molecule is N#CC[C@]1(n2cc(-c3ncnc4[nH]ccc34)cn2)C[C@H](N2CCN(C(=O)NC3CCC(O)CC3)CC2)C1. The molecular weight excluding hydrogens is 470 g/mol. The van der Waals surface area contributed by atoms with E-state index in [9.17, 15) is 15.2 Å². The average molecular weight is 504 g/mol. The number of aliphatic hydroxyl groups excluding tert-OH is 1. The lowest BCUT2D eigenvalue weighted by molar-refractivity contribution is -0.0132. The van der Waals surface area contributed by atoms with Crippen LogP contribution in [0.5, 0.6) is 0 Å². The van der Waals surface area contributed by atoms with E-state index in [1.165, 1.54) is 0 Å². The van der Waals surface area contributed by atoms with Gasteiger partial charge in [0.15, 0.2) is 0 Å². The minimum atomic E-state index is -0.317. The Morgan fingerprint density at radius 3 is 2.73 bits per heavy atom. The van der Waals surface area contributed by atoms with Gasteiger partial charge < -0.3 is 20.3 Å². The maximum Gasteiger partial charge on any atom is 0.317 e. The van der Waals surface area contributed by atoms with E-state index in [0.717, 1.165) is 73.9 Å². The van der Waals surface area contributed by atoms with Gasteiger partial charge in [-0.2, -0.15) is 10.4 Å². The Labute approximate surface area is 215 Å². The normalized spacial score (nSPS) is 28.5. The van der Waals surface area contributed by atoms with Crippen molar-refractivity contribution in [2.24, 2.45) is 0 Å². The van der Waals surface area contributed by atoms with Crippen LogP contribution < -0.4 is 5.32 Å². The summed E-state index contributed by atoms with van der Waals surface area (Å²) in [5.41, 5.74) is 2.22. The molecule has 0 aromatic carbocycles. The lowest BCUT2D eigenvalue weighted by atomic mass is 9.70. The number of aliphatic hydroxyl groups is 1. The largest absolute Gasteiger partial charge is 0.393 e. The zero-order valence-electron chi connectivity index (χ0n) is 20.9. The molecule has 11 nitrogen and oxygen atoms in total. The minimum Gasteiger partial charge on any atom is -0.393 e. The topological polar surface area (TPSA) is 139 Å². The van der Waals surface area contributed by atoms with Crippen LogP contribution in [0.3, 0.4) is 0 Å². The molecule has 6 rings (SSSR count). The van der Waals surface area contributed by atoms with Crippen molar-refractivity contribution in [2.75, 3.05) is 26.2 Å². The fraction of sp³-hybridized carbons (Fsp3) is 0.577. The summed E-state index contributed by atoms with van der Waals surface area (Å²) in [7, 11) is 0. The predicted molar refractivity (Wildman–Crippen MR) is 136 cm³/mol. The Hall–Kier alpha value is -3.49. The maximum atomic E-state index is 12.7. The number of aromatic amines is 1. The molecule has 3 N–H and O–H groups in total. The predicted octanol–water partition coefficient (Wildman–Crippen LogP) is 2.22. The quantitative estimate of drug-likeness (QED) is 0.485. The highest BCUT2D eigenvalue weighted by atomic mass is 16.3. The third kappa shape index (κ3) is 4.55. The van der Waals surface area contributed by atoms with Crippen molar-refractivity contribution in [2.45, 2.75) is 68.7 Å². The highest BCUT2D eigenvalue weighted by molar-refractivity contribution is 5.90. The van der Waals surface area contributed by atoms with E-state index in [4.69, 9.17) is 0 Å². The number of piperazine rings is 1. The first-order chi connectivity index (χ1) is 18.0. The number of nitrogens with zero attached hydrogens (tertiary/aromatic N) is 7. The molecule has 0 bridgehead atoms. The number of carbonyl (C=O) groups is 1. The molecule has 0 spiro atoms. The second kappa shape index (κ2) is 9.76. The van der Waals surface area contributed by atoms with E-state index < -0.39 is 0 Å². The van der Waals surface area contributed by atoms with Gasteiger partial charge in [-0.3, -0.25) is 9.58 Å². The lowest BCUT2D eigenvalue weighted by Gasteiger charge is -2.52. The fourth-order valence-corrected chi connectivity index (χ4v) is 6.22. The van der Waals surface area contributed by atoms with E-state index in [1.807, 2.05) is 34.2 Å². The number of hydrogen-bond acceptors (Lipinski definition) is 7. The number of rotatable bonds is 5. The van der Waals surface area contributed by atoms with Crippen molar-refractivity contribution in [3.63, 3.8) is 0 Å². The number of hydrogen-bond donors (Lipinski definition) is 3. The Balaban J connectivity index is 1.06. The Morgan fingerprint density at radius 2 is 1.97 bits per heavy atom. The summed E-state index contributed by atoms with van der Waals surface area (Å²) in [5, 5.41) is 28.1. The first-order valence-corrected chi connectivity index (χ1v) is 13.2. The second-order valence-corrected chi connectivity index (χ2v) is 10.7. The highest BCUT2D eigenvalue weighted by Crippen LogP contribution is 2.45. The lowest BCUT2D eigenvalue weighted by Crippen LogP contribution is -2.61. The van der Waals surface area contributed by atoms with Gasteiger partial charge in [0, 0.05) is 61.6 Å². The van der Waals surface area contributed by atoms with Crippen LogP contribution >= 0.6 is 0 Å². The third-order valence-corrected chi connectivity index (χ3v) is 8.48. The van der Waals surface area contributed by atoms with Gasteiger partial charge in [0.05, 0.1) is 36.0 Å². The number of H-pyrrole nitrogens is 1. The van der Waals surface area contributed by atoms with Crippen molar-refractivity contribution < 1.29 is 9.90 Å². The number of amides is 2. The molecule has 11 heteroatoms. The summed E-state index contributed by atoms with van der Waals surface area (Å²) in [6.07, 6.45) is 12.4. The van der Waals surface area contributed by atoms with Crippen LogP contribution in [0.15, 0.2) is 31.0 Å². The first-order valence-electron chi connectivity index (χ1n) is 13.2. The Kier molecular flexibility index (Phi) is 6.30. The number of aromatic nitrogens is 5. The summed E-state index contributed by atoms with van der Waals surface area (Å²) in [6.45, 7) is 3.08. The van der Waals surface area contributed by atoms with Crippen molar-refractivity contribution >= 4 is 17.1 Å². The van der Waals surface area contributed by atoms with E-state index >= 15 is 0 Å². The van der Waals surface area contributed by atoms with Crippen LogP contribution in [0.2, 0.25) is 0 Å². The number of nitriles is 1. The molecule has 4 heterocycles. The van der Waals surface area contributed by atoms with Crippen LogP contribution in [-0.2, 0) is 5.54 Å². The van der Waals surface area contributed by atoms with Gasteiger partial charge in [0.25, 0.3) is 0 Å². The van der Waals surface area contributed by atoms with Crippen LogP contribution in [0.4, 0.5) is 4.79 Å². The Bertz CT molecular complexity index is 1290. The molecule has 37 heavy (non-hydrogen) atoms. The zero-order chi connectivity index (χ0) is 25.4. The molecule has 1 aliphatic heterocycles. The average Bonchev–Trinajstić information content (AvgIpc) is 3.58. The standard InChI is InChI=1S/C26H33N9O2/c27-7-6-26(35-16-18(15-31-35)23-22-5-8-28-24(22)30-17-29-23)13-20(14-26)33-9-11-34(12-10-33)25(37)32-19-1-3-21(36)4-2-19/h5,8,15-17,19-21,36H,1-4,6,9-14H2,(H,32,37)(H,28,29,30)/t19?,20-,21?,26-. The second-order valence-electron chi connectivity index (χ2n) is 10.7. The summed E-state index contributed by atoms with van der Waals surface area (Å²) < 4.78 is 1.97. The van der Waals surface area contributed by atoms with Gasteiger partial charge in [0.1, 0.15) is 12.0 Å². The molecule has 3 aromatic heterocycles. The molecule has 2 amide bonds. The van der Waals surface area contributed by atoms with Crippen molar-refractivity contribution in [3.05, 3.63) is 31.0 Å². The smallest absolute Gasteiger partial charge is 0.317 e. The molecule has 2 aliphatic carbocycles. The minimum absolute atomic E-state index is 0.0128. The zero-order valence-corrected chi connectivity index (χ0v) is 20.9.